The fourth-order valence-electron chi connectivity index (χ4n) is 2.16. The van der Waals surface area contributed by atoms with Crippen molar-refractivity contribution in [2.24, 2.45) is 0 Å². The lowest BCUT2D eigenvalue weighted by molar-refractivity contribution is -0.385. The van der Waals surface area contributed by atoms with Crippen LogP contribution >= 0.6 is 0 Å². The summed E-state index contributed by atoms with van der Waals surface area (Å²) in [5.74, 6) is 0. The maximum absolute atomic E-state index is 13.1. The molecule has 0 aromatic heterocycles. The highest BCUT2D eigenvalue weighted by atomic mass is 32.2. The van der Waals surface area contributed by atoms with Crippen LogP contribution in [0.4, 0.5) is 16.2 Å². The number of nitrogens with one attached hydrogen (secondary N) is 1. The SMILES string of the molecule is CC(C)(C)NC(=O)N(c1ccccc1)S(=O)(=O)c1cccc([N+](=O)[O-])c1. The second-order valence-corrected chi connectivity index (χ2v) is 8.33. The number of anilines is 1. The number of carbonyl (C=O) groups is 1. The van der Waals surface area contributed by atoms with Gasteiger partial charge in [-0.2, -0.15) is 4.31 Å². The zero-order chi connectivity index (χ0) is 19.5. The zero-order valence-electron chi connectivity index (χ0n) is 14.5. The van der Waals surface area contributed by atoms with Crippen molar-refractivity contribution in [1.82, 2.24) is 5.32 Å². The molecule has 0 aliphatic carbocycles. The Kier molecular flexibility index (Phi) is 5.31. The third-order valence-corrected chi connectivity index (χ3v) is 4.93. The summed E-state index contributed by atoms with van der Waals surface area (Å²) < 4.78 is 26.8. The van der Waals surface area contributed by atoms with E-state index < -0.39 is 26.5 Å². The van der Waals surface area contributed by atoms with E-state index >= 15 is 0 Å². The van der Waals surface area contributed by atoms with Gasteiger partial charge < -0.3 is 5.32 Å². The molecule has 1 N–H and O–H groups in total. The molecule has 9 heteroatoms. The van der Waals surface area contributed by atoms with E-state index in [0.29, 0.717) is 4.31 Å². The van der Waals surface area contributed by atoms with Gasteiger partial charge >= 0.3 is 6.03 Å². The number of nitro groups is 1. The van der Waals surface area contributed by atoms with Crippen molar-refractivity contribution in [3.05, 3.63) is 64.7 Å². The van der Waals surface area contributed by atoms with Gasteiger partial charge in [0.25, 0.3) is 15.7 Å². The molecule has 138 valence electrons. The molecule has 0 aliphatic rings. The molecular weight excluding hydrogens is 358 g/mol. The van der Waals surface area contributed by atoms with E-state index in [2.05, 4.69) is 5.32 Å². The Balaban J connectivity index is 2.59. The first-order valence-corrected chi connectivity index (χ1v) is 9.13. The van der Waals surface area contributed by atoms with Crippen molar-refractivity contribution in [3.8, 4) is 0 Å². The number of rotatable bonds is 4. The lowest BCUT2D eigenvalue weighted by Gasteiger charge is -2.28. The summed E-state index contributed by atoms with van der Waals surface area (Å²) in [7, 11) is -4.36. The molecule has 0 saturated carbocycles. The second kappa shape index (κ2) is 7.12. The van der Waals surface area contributed by atoms with Crippen LogP contribution in [0.15, 0.2) is 59.5 Å². The lowest BCUT2D eigenvalue weighted by Crippen LogP contribution is -2.50. The number of hydrogen-bond donors (Lipinski definition) is 1. The van der Waals surface area contributed by atoms with Crippen molar-refractivity contribution in [3.63, 3.8) is 0 Å². The molecule has 0 atom stereocenters. The van der Waals surface area contributed by atoms with E-state index in [1.54, 1.807) is 39.0 Å². The van der Waals surface area contributed by atoms with Gasteiger partial charge in [-0.05, 0) is 39.0 Å². The number of sulfonamides is 1. The van der Waals surface area contributed by atoms with Crippen LogP contribution in [0.25, 0.3) is 0 Å². The fraction of sp³-hybridized carbons (Fsp3) is 0.235. The summed E-state index contributed by atoms with van der Waals surface area (Å²) in [5.41, 5.74) is -0.932. The standard InChI is InChI=1S/C17H19N3O5S/c1-17(2,3)18-16(21)19(13-8-5-4-6-9-13)26(24,25)15-11-7-10-14(12-15)20(22)23/h4-12H,1-3H3,(H,18,21). The smallest absolute Gasteiger partial charge is 0.332 e. The van der Waals surface area contributed by atoms with Crippen LogP contribution in [-0.2, 0) is 10.0 Å². The minimum Gasteiger partial charge on any atom is -0.332 e. The predicted molar refractivity (Wildman–Crippen MR) is 97.5 cm³/mol. The Hall–Kier alpha value is -2.94. The highest BCUT2D eigenvalue weighted by molar-refractivity contribution is 7.93. The highest BCUT2D eigenvalue weighted by Gasteiger charge is 2.33. The van der Waals surface area contributed by atoms with Gasteiger partial charge in [-0.1, -0.05) is 24.3 Å². The molecule has 2 amide bonds. The zero-order valence-corrected chi connectivity index (χ0v) is 15.4. The van der Waals surface area contributed by atoms with Gasteiger partial charge in [0, 0.05) is 17.7 Å². The van der Waals surface area contributed by atoms with Crippen molar-refractivity contribution in [2.45, 2.75) is 31.2 Å². The number of carbonyl (C=O) groups excluding carboxylic acids is 1. The van der Waals surface area contributed by atoms with Gasteiger partial charge in [0.2, 0.25) is 0 Å². The van der Waals surface area contributed by atoms with Gasteiger partial charge in [-0.25, -0.2) is 13.2 Å². The first kappa shape index (κ1) is 19.4. The van der Waals surface area contributed by atoms with Crippen LogP contribution in [0.1, 0.15) is 20.8 Å². The topological polar surface area (TPSA) is 110 Å². The van der Waals surface area contributed by atoms with E-state index in [1.165, 1.54) is 30.3 Å². The lowest BCUT2D eigenvalue weighted by atomic mass is 10.1. The van der Waals surface area contributed by atoms with E-state index in [0.717, 1.165) is 6.07 Å². The highest BCUT2D eigenvalue weighted by Crippen LogP contribution is 2.26. The van der Waals surface area contributed by atoms with Crippen LogP contribution < -0.4 is 9.62 Å². The van der Waals surface area contributed by atoms with Gasteiger partial charge in [-0.15, -0.1) is 0 Å². The number of para-hydroxylation sites is 1. The quantitative estimate of drug-likeness (QED) is 0.649. The van der Waals surface area contributed by atoms with Crippen LogP contribution in [-0.4, -0.2) is 24.9 Å². The molecule has 0 heterocycles. The Morgan fingerprint density at radius 3 is 2.23 bits per heavy atom. The molecule has 2 rings (SSSR count). The van der Waals surface area contributed by atoms with Crippen LogP contribution in [0.3, 0.4) is 0 Å². The van der Waals surface area contributed by atoms with Gasteiger partial charge in [-0.3, -0.25) is 10.1 Å². The van der Waals surface area contributed by atoms with Gasteiger partial charge in [0.05, 0.1) is 15.5 Å². The summed E-state index contributed by atoms with van der Waals surface area (Å²) in [4.78, 5) is 22.6. The molecule has 0 bridgehead atoms. The van der Waals surface area contributed by atoms with E-state index in [9.17, 15) is 23.3 Å². The molecular formula is C17H19N3O5S. The summed E-state index contributed by atoms with van der Waals surface area (Å²) >= 11 is 0. The van der Waals surface area contributed by atoms with Crippen molar-refractivity contribution in [1.29, 1.82) is 0 Å². The monoisotopic (exact) mass is 377 g/mol. The van der Waals surface area contributed by atoms with Crippen molar-refractivity contribution in [2.75, 3.05) is 4.31 Å². The first-order chi connectivity index (χ1) is 12.0. The third kappa shape index (κ3) is 4.37. The molecule has 2 aromatic rings. The molecule has 26 heavy (non-hydrogen) atoms. The number of urea groups is 1. The van der Waals surface area contributed by atoms with Crippen LogP contribution in [0.2, 0.25) is 0 Å². The molecule has 0 radical (unpaired) electrons. The number of nitrogens with zero attached hydrogens (tertiary/aromatic N) is 2. The first-order valence-electron chi connectivity index (χ1n) is 7.69. The molecule has 0 unspecified atom stereocenters. The largest absolute Gasteiger partial charge is 0.336 e. The molecule has 8 nitrogen and oxygen atoms in total. The molecule has 0 spiro atoms. The van der Waals surface area contributed by atoms with Crippen LogP contribution in [0, 0.1) is 10.1 Å². The minimum atomic E-state index is -4.36. The molecule has 0 aliphatic heterocycles. The maximum Gasteiger partial charge on any atom is 0.336 e. The van der Waals surface area contributed by atoms with E-state index in [4.69, 9.17) is 0 Å². The Morgan fingerprint density at radius 2 is 1.69 bits per heavy atom. The number of non-ortho nitro benzene ring substituents is 1. The number of amides is 2. The molecule has 2 aromatic carbocycles. The van der Waals surface area contributed by atoms with Crippen LogP contribution in [0.5, 0.6) is 0 Å². The summed E-state index contributed by atoms with van der Waals surface area (Å²) in [6.45, 7) is 5.15. The Morgan fingerprint density at radius 1 is 1.08 bits per heavy atom. The van der Waals surface area contributed by atoms with E-state index in [-0.39, 0.29) is 16.3 Å². The number of hydrogen-bond acceptors (Lipinski definition) is 5. The number of nitro benzene ring substituents is 1. The average Bonchev–Trinajstić information content (AvgIpc) is 2.54. The summed E-state index contributed by atoms with van der Waals surface area (Å²) in [6, 6.07) is 11.5. The Labute approximate surface area is 151 Å². The Bertz CT molecular complexity index is 921. The predicted octanol–water partition coefficient (Wildman–Crippen LogP) is 3.30. The minimum absolute atomic E-state index is 0.126. The second-order valence-electron chi connectivity index (χ2n) is 6.54. The average molecular weight is 377 g/mol. The summed E-state index contributed by atoms with van der Waals surface area (Å²) in [5, 5.41) is 13.6. The normalized spacial score (nSPS) is 11.7. The van der Waals surface area contributed by atoms with Gasteiger partial charge in [0.1, 0.15) is 0 Å². The van der Waals surface area contributed by atoms with E-state index in [1.807, 2.05) is 0 Å². The van der Waals surface area contributed by atoms with Crippen molar-refractivity contribution >= 4 is 27.4 Å². The van der Waals surface area contributed by atoms with Gasteiger partial charge in [0.15, 0.2) is 0 Å². The maximum atomic E-state index is 13.1. The van der Waals surface area contributed by atoms with Crippen molar-refractivity contribution < 1.29 is 18.1 Å². The third-order valence-electron chi connectivity index (χ3n) is 3.22. The number of benzene rings is 2. The fourth-order valence-corrected chi connectivity index (χ4v) is 3.56. The summed E-state index contributed by atoms with van der Waals surface area (Å²) in [6.07, 6.45) is 0. The molecule has 0 fully saturated rings. The molecule has 0 saturated heterocycles.